The number of hydrogen-bond donors (Lipinski definition) is 0. The van der Waals surface area contributed by atoms with Crippen molar-refractivity contribution >= 4 is 17.9 Å². The number of aromatic nitrogens is 1. The van der Waals surface area contributed by atoms with Gasteiger partial charge in [-0.05, 0) is 12.1 Å². The van der Waals surface area contributed by atoms with Gasteiger partial charge in [0, 0.05) is 30.3 Å². The zero-order chi connectivity index (χ0) is 9.80. The molecule has 0 aliphatic carbocycles. The van der Waals surface area contributed by atoms with E-state index in [1.54, 1.807) is 6.20 Å². The number of hydrogen-bond acceptors (Lipinski definition) is 4. The normalized spacial score (nSPS) is 16.4. The van der Waals surface area contributed by atoms with Crippen molar-refractivity contribution in [2.75, 3.05) is 23.9 Å². The first-order valence-electron chi connectivity index (χ1n) is 4.32. The molecule has 0 spiro atoms. The molecule has 0 amide bonds. The molecule has 1 aliphatic rings. The van der Waals surface area contributed by atoms with Gasteiger partial charge in [-0.3, -0.25) is 0 Å². The van der Waals surface area contributed by atoms with Crippen molar-refractivity contribution < 1.29 is 4.18 Å². The standard InChI is InChI=1S/C10H10N2OS/c1-2-9-3-4-11-10(7-9)12-5-6-13-14-8-12/h1,3-4,7H,5-6,8H2. The van der Waals surface area contributed by atoms with Gasteiger partial charge in [0.05, 0.1) is 12.5 Å². The Morgan fingerprint density at radius 3 is 3.29 bits per heavy atom. The van der Waals surface area contributed by atoms with Crippen LogP contribution in [0.15, 0.2) is 18.3 Å². The summed E-state index contributed by atoms with van der Waals surface area (Å²) in [7, 11) is 0. The van der Waals surface area contributed by atoms with E-state index in [0.717, 1.165) is 30.4 Å². The molecule has 0 atom stereocenters. The first-order valence-corrected chi connectivity index (χ1v) is 5.23. The van der Waals surface area contributed by atoms with E-state index < -0.39 is 0 Å². The second-order valence-corrected chi connectivity index (χ2v) is 3.61. The molecule has 0 aromatic carbocycles. The molecule has 1 saturated heterocycles. The van der Waals surface area contributed by atoms with Crippen LogP contribution >= 0.6 is 12.0 Å². The first kappa shape index (κ1) is 9.38. The molecular formula is C10H10N2OS. The summed E-state index contributed by atoms with van der Waals surface area (Å²) in [5, 5.41) is 0. The lowest BCUT2D eigenvalue weighted by atomic mass is 10.2. The third-order valence-corrected chi connectivity index (χ3v) is 2.72. The lowest BCUT2D eigenvalue weighted by Crippen LogP contribution is -2.31. The number of rotatable bonds is 1. The van der Waals surface area contributed by atoms with Crippen molar-refractivity contribution in [1.29, 1.82) is 0 Å². The Morgan fingerprint density at radius 2 is 2.57 bits per heavy atom. The molecule has 1 aromatic heterocycles. The maximum atomic E-state index is 5.32. The largest absolute Gasteiger partial charge is 0.343 e. The van der Waals surface area contributed by atoms with Gasteiger partial charge in [0.2, 0.25) is 0 Å². The fraction of sp³-hybridized carbons (Fsp3) is 0.300. The van der Waals surface area contributed by atoms with Crippen molar-refractivity contribution in [2.24, 2.45) is 0 Å². The minimum absolute atomic E-state index is 0.729. The van der Waals surface area contributed by atoms with E-state index >= 15 is 0 Å². The molecule has 0 bridgehead atoms. The van der Waals surface area contributed by atoms with Gasteiger partial charge in [-0.15, -0.1) is 6.42 Å². The molecule has 0 radical (unpaired) electrons. The van der Waals surface area contributed by atoms with Crippen LogP contribution in [0, 0.1) is 12.3 Å². The summed E-state index contributed by atoms with van der Waals surface area (Å²) in [6, 6.07) is 3.75. The molecule has 1 aromatic rings. The molecule has 2 heterocycles. The maximum Gasteiger partial charge on any atom is 0.130 e. The predicted molar refractivity (Wildman–Crippen MR) is 57.9 cm³/mol. The zero-order valence-electron chi connectivity index (χ0n) is 7.64. The Labute approximate surface area is 87.7 Å². The molecular weight excluding hydrogens is 196 g/mol. The van der Waals surface area contributed by atoms with Crippen LogP contribution < -0.4 is 4.90 Å². The van der Waals surface area contributed by atoms with Gasteiger partial charge in [-0.1, -0.05) is 5.92 Å². The summed E-state index contributed by atoms with van der Waals surface area (Å²) in [5.74, 6) is 4.34. The van der Waals surface area contributed by atoms with Crippen LogP contribution in [-0.2, 0) is 4.18 Å². The highest BCUT2D eigenvalue weighted by Crippen LogP contribution is 2.19. The zero-order valence-corrected chi connectivity index (χ0v) is 8.46. The maximum absolute atomic E-state index is 5.32. The van der Waals surface area contributed by atoms with E-state index in [1.807, 2.05) is 12.1 Å². The Kier molecular flexibility index (Phi) is 2.92. The van der Waals surface area contributed by atoms with Crippen molar-refractivity contribution in [2.45, 2.75) is 0 Å². The van der Waals surface area contributed by atoms with Gasteiger partial charge in [-0.2, -0.15) is 0 Å². The van der Waals surface area contributed by atoms with Gasteiger partial charge in [0.1, 0.15) is 5.82 Å². The number of anilines is 1. The molecule has 3 nitrogen and oxygen atoms in total. The quantitative estimate of drug-likeness (QED) is 0.513. The van der Waals surface area contributed by atoms with E-state index in [-0.39, 0.29) is 0 Å². The van der Waals surface area contributed by atoms with Gasteiger partial charge >= 0.3 is 0 Å². The minimum Gasteiger partial charge on any atom is -0.343 e. The molecule has 14 heavy (non-hydrogen) atoms. The van der Waals surface area contributed by atoms with Crippen LogP contribution in [0.3, 0.4) is 0 Å². The molecule has 1 fully saturated rings. The van der Waals surface area contributed by atoms with E-state index in [1.165, 1.54) is 12.0 Å². The second kappa shape index (κ2) is 4.36. The second-order valence-electron chi connectivity index (χ2n) is 2.88. The third-order valence-electron chi connectivity index (χ3n) is 1.97. The smallest absolute Gasteiger partial charge is 0.130 e. The molecule has 2 rings (SSSR count). The third kappa shape index (κ3) is 2.00. The lowest BCUT2D eigenvalue weighted by molar-refractivity contribution is 0.366. The van der Waals surface area contributed by atoms with Crippen molar-refractivity contribution in [3.05, 3.63) is 23.9 Å². The summed E-state index contributed by atoms with van der Waals surface area (Å²) in [4.78, 5) is 6.42. The molecule has 72 valence electrons. The summed E-state index contributed by atoms with van der Waals surface area (Å²) in [5.41, 5.74) is 0.867. The summed E-state index contributed by atoms with van der Waals surface area (Å²) >= 11 is 1.45. The van der Waals surface area contributed by atoms with Crippen LogP contribution in [0.25, 0.3) is 0 Å². The predicted octanol–water partition coefficient (Wildman–Crippen LogP) is 1.51. The number of terminal acetylenes is 1. The summed E-state index contributed by atoms with van der Waals surface area (Å²) < 4.78 is 5.18. The molecule has 0 saturated carbocycles. The van der Waals surface area contributed by atoms with Gasteiger partial charge in [0.15, 0.2) is 0 Å². The first-order chi connectivity index (χ1) is 6.90. The minimum atomic E-state index is 0.729. The average molecular weight is 206 g/mol. The SMILES string of the molecule is C#Cc1ccnc(N2CCOSC2)c1. The van der Waals surface area contributed by atoms with Crippen LogP contribution in [0.2, 0.25) is 0 Å². The van der Waals surface area contributed by atoms with Crippen LogP contribution in [0.5, 0.6) is 0 Å². The molecule has 4 heteroatoms. The Morgan fingerprint density at radius 1 is 1.64 bits per heavy atom. The summed E-state index contributed by atoms with van der Waals surface area (Å²) in [6.07, 6.45) is 7.06. The van der Waals surface area contributed by atoms with Crippen molar-refractivity contribution in [3.8, 4) is 12.3 Å². The average Bonchev–Trinajstić information content (AvgIpc) is 2.30. The van der Waals surface area contributed by atoms with Crippen LogP contribution in [0.1, 0.15) is 5.56 Å². The highest BCUT2D eigenvalue weighted by Gasteiger charge is 2.12. The van der Waals surface area contributed by atoms with E-state index in [9.17, 15) is 0 Å². The fourth-order valence-electron chi connectivity index (χ4n) is 1.23. The van der Waals surface area contributed by atoms with Crippen LogP contribution in [0.4, 0.5) is 5.82 Å². The Bertz CT molecular complexity index is 355. The lowest BCUT2D eigenvalue weighted by Gasteiger charge is -2.26. The Hall–Kier alpha value is -1.18. The van der Waals surface area contributed by atoms with E-state index in [0.29, 0.717) is 0 Å². The van der Waals surface area contributed by atoms with Crippen molar-refractivity contribution in [3.63, 3.8) is 0 Å². The molecule has 0 unspecified atom stereocenters. The molecule has 0 N–H and O–H groups in total. The fourth-order valence-corrected chi connectivity index (χ4v) is 1.89. The monoisotopic (exact) mass is 206 g/mol. The van der Waals surface area contributed by atoms with Crippen molar-refractivity contribution in [1.82, 2.24) is 4.98 Å². The van der Waals surface area contributed by atoms with E-state index in [4.69, 9.17) is 10.6 Å². The highest BCUT2D eigenvalue weighted by atomic mass is 32.2. The Balaban J connectivity index is 2.18. The van der Waals surface area contributed by atoms with Gasteiger partial charge < -0.3 is 9.08 Å². The van der Waals surface area contributed by atoms with Crippen LogP contribution in [-0.4, -0.2) is 24.0 Å². The van der Waals surface area contributed by atoms with Gasteiger partial charge in [-0.25, -0.2) is 4.98 Å². The number of pyridine rings is 1. The van der Waals surface area contributed by atoms with E-state index in [2.05, 4.69) is 15.8 Å². The highest BCUT2D eigenvalue weighted by molar-refractivity contribution is 7.94. The summed E-state index contributed by atoms with van der Waals surface area (Å²) in [6.45, 7) is 1.60. The van der Waals surface area contributed by atoms with Gasteiger partial charge in [0.25, 0.3) is 0 Å². The topological polar surface area (TPSA) is 25.4 Å². The molecule has 1 aliphatic heterocycles. The number of nitrogens with zero attached hydrogens (tertiary/aromatic N) is 2.